The van der Waals surface area contributed by atoms with Crippen molar-refractivity contribution in [3.8, 4) is 6.07 Å². The molecule has 0 aliphatic heterocycles. The van der Waals surface area contributed by atoms with Gasteiger partial charge in [-0.15, -0.1) is 0 Å². The number of nitriles is 1. The number of aromatic nitrogens is 1. The molecule has 0 atom stereocenters. The van der Waals surface area contributed by atoms with E-state index in [1.165, 1.54) is 17.4 Å². The van der Waals surface area contributed by atoms with Crippen LogP contribution in [0, 0.1) is 11.3 Å². The maximum Gasteiger partial charge on any atom is 0.417 e. The van der Waals surface area contributed by atoms with Crippen LogP contribution in [-0.2, 0) is 16.0 Å². The minimum absolute atomic E-state index is 0.423. The van der Waals surface area contributed by atoms with Crippen molar-refractivity contribution in [2.45, 2.75) is 11.2 Å². The lowest BCUT2D eigenvalue weighted by atomic mass is 10.3. The third-order valence-corrected chi connectivity index (χ3v) is 4.86. The number of hydrogen-bond acceptors (Lipinski definition) is 5. The molecule has 9 heteroatoms. The average Bonchev–Trinajstić information content (AvgIpc) is 2.96. The normalized spacial score (nSPS) is 12.9. The fourth-order valence-electron chi connectivity index (χ4n) is 1.50. The monoisotopic (exact) mass is 344 g/mol. The number of pyridine rings is 1. The van der Waals surface area contributed by atoms with E-state index < -0.39 is 31.5 Å². The van der Waals surface area contributed by atoms with E-state index in [0.29, 0.717) is 17.8 Å². The van der Waals surface area contributed by atoms with Crippen LogP contribution in [0.15, 0.2) is 45.1 Å². The molecule has 0 spiro atoms. The summed E-state index contributed by atoms with van der Waals surface area (Å²) in [6.07, 6.45) is -3.04. The highest BCUT2D eigenvalue weighted by Crippen LogP contribution is 2.29. The second-order valence-corrected chi connectivity index (χ2v) is 6.71. The molecule has 2 heterocycles. The smallest absolute Gasteiger partial charge is 0.244 e. The Morgan fingerprint density at radius 1 is 1.32 bits per heavy atom. The second kappa shape index (κ2) is 5.90. The van der Waals surface area contributed by atoms with Gasteiger partial charge in [0, 0.05) is 6.20 Å². The van der Waals surface area contributed by atoms with Crippen molar-refractivity contribution in [2.75, 3.05) is 0 Å². The summed E-state index contributed by atoms with van der Waals surface area (Å²) < 4.78 is 61.8. The standard InChI is InChI=1S/C13H7F3N2O2S2/c14-13(15,16)10-1-2-12(18-7-10)22(19,20)11(6-17)5-9-3-4-21-8-9/h1-5,7-8H/b11-5-. The van der Waals surface area contributed by atoms with Gasteiger partial charge >= 0.3 is 6.18 Å². The van der Waals surface area contributed by atoms with E-state index in [-0.39, 0.29) is 0 Å². The number of alkyl halides is 3. The third kappa shape index (κ3) is 3.35. The van der Waals surface area contributed by atoms with E-state index in [2.05, 4.69) is 4.98 Å². The van der Waals surface area contributed by atoms with Crippen molar-refractivity contribution in [2.24, 2.45) is 0 Å². The number of hydrogen-bond donors (Lipinski definition) is 0. The molecule has 0 saturated heterocycles. The Hall–Kier alpha value is -2.18. The van der Waals surface area contributed by atoms with Gasteiger partial charge in [-0.2, -0.15) is 29.8 Å². The first-order valence-electron chi connectivity index (χ1n) is 5.67. The van der Waals surface area contributed by atoms with Gasteiger partial charge in [0.15, 0.2) is 9.93 Å². The minimum Gasteiger partial charge on any atom is -0.244 e. The van der Waals surface area contributed by atoms with Crippen molar-refractivity contribution in [3.63, 3.8) is 0 Å². The molecule has 2 rings (SSSR count). The minimum atomic E-state index is -4.61. The van der Waals surface area contributed by atoms with E-state index in [0.717, 1.165) is 12.1 Å². The van der Waals surface area contributed by atoms with Crippen LogP contribution in [0.25, 0.3) is 6.08 Å². The van der Waals surface area contributed by atoms with E-state index in [1.807, 2.05) is 0 Å². The lowest BCUT2D eigenvalue weighted by Gasteiger charge is -2.07. The molecule has 0 bridgehead atoms. The maximum atomic E-state index is 12.4. The molecule has 114 valence electrons. The summed E-state index contributed by atoms with van der Waals surface area (Å²) in [7, 11) is -4.26. The van der Waals surface area contributed by atoms with Crippen LogP contribution >= 0.6 is 11.3 Å². The fraction of sp³-hybridized carbons (Fsp3) is 0.0769. The van der Waals surface area contributed by atoms with E-state index >= 15 is 0 Å². The number of thiophene rings is 1. The quantitative estimate of drug-likeness (QED) is 0.799. The van der Waals surface area contributed by atoms with Crippen LogP contribution in [0.3, 0.4) is 0 Å². The van der Waals surface area contributed by atoms with Crippen LogP contribution < -0.4 is 0 Å². The Labute approximate surface area is 128 Å². The van der Waals surface area contributed by atoms with Crippen molar-refractivity contribution in [3.05, 3.63) is 51.2 Å². The molecular formula is C13H7F3N2O2S2. The van der Waals surface area contributed by atoms with Crippen molar-refractivity contribution < 1.29 is 21.6 Å². The van der Waals surface area contributed by atoms with Gasteiger partial charge in [-0.1, -0.05) is 0 Å². The van der Waals surface area contributed by atoms with E-state index in [4.69, 9.17) is 5.26 Å². The molecule has 0 fully saturated rings. The number of halogens is 3. The highest BCUT2D eigenvalue weighted by molar-refractivity contribution is 7.95. The average molecular weight is 344 g/mol. The van der Waals surface area contributed by atoms with E-state index in [1.54, 1.807) is 16.8 Å². The first-order chi connectivity index (χ1) is 10.2. The van der Waals surface area contributed by atoms with Gasteiger partial charge in [-0.05, 0) is 40.6 Å². The summed E-state index contributed by atoms with van der Waals surface area (Å²) in [5, 5.41) is 11.7. The summed E-state index contributed by atoms with van der Waals surface area (Å²) in [6.45, 7) is 0. The first-order valence-corrected chi connectivity index (χ1v) is 8.10. The Kier molecular flexibility index (Phi) is 4.35. The zero-order valence-corrected chi connectivity index (χ0v) is 12.3. The topological polar surface area (TPSA) is 70.8 Å². The van der Waals surface area contributed by atoms with Gasteiger partial charge in [0.2, 0.25) is 9.84 Å². The van der Waals surface area contributed by atoms with Gasteiger partial charge in [0.05, 0.1) is 5.56 Å². The van der Waals surface area contributed by atoms with E-state index in [9.17, 15) is 21.6 Å². The lowest BCUT2D eigenvalue weighted by molar-refractivity contribution is -0.137. The van der Waals surface area contributed by atoms with Crippen molar-refractivity contribution >= 4 is 27.3 Å². The highest BCUT2D eigenvalue weighted by atomic mass is 32.2. The SMILES string of the molecule is N#C/C(=C/c1ccsc1)S(=O)(=O)c1ccc(C(F)(F)F)cn1. The van der Waals surface area contributed by atoms with Crippen LogP contribution in [0.5, 0.6) is 0 Å². The van der Waals surface area contributed by atoms with Crippen molar-refractivity contribution in [1.29, 1.82) is 5.26 Å². The fourth-order valence-corrected chi connectivity index (χ4v) is 3.19. The summed E-state index contributed by atoms with van der Waals surface area (Å²) in [5.74, 6) is 0. The predicted molar refractivity (Wildman–Crippen MR) is 74.3 cm³/mol. The Morgan fingerprint density at radius 2 is 2.05 bits per heavy atom. The molecule has 0 N–H and O–H groups in total. The third-order valence-electron chi connectivity index (χ3n) is 2.58. The predicted octanol–water partition coefficient (Wildman–Crippen LogP) is 3.50. The first kappa shape index (κ1) is 16.2. The van der Waals surface area contributed by atoms with Crippen LogP contribution in [0.2, 0.25) is 0 Å². The van der Waals surface area contributed by atoms with Gasteiger partial charge in [-0.3, -0.25) is 0 Å². The Balaban J connectivity index is 2.44. The number of sulfone groups is 1. The molecule has 0 amide bonds. The van der Waals surface area contributed by atoms with Crippen molar-refractivity contribution in [1.82, 2.24) is 4.98 Å². The largest absolute Gasteiger partial charge is 0.417 e. The summed E-state index contributed by atoms with van der Waals surface area (Å²) in [4.78, 5) is 2.73. The molecule has 4 nitrogen and oxygen atoms in total. The van der Waals surface area contributed by atoms with Crippen LogP contribution in [-0.4, -0.2) is 13.4 Å². The second-order valence-electron chi connectivity index (χ2n) is 4.06. The highest BCUT2D eigenvalue weighted by Gasteiger charge is 2.32. The van der Waals surface area contributed by atoms with Crippen LogP contribution in [0.4, 0.5) is 13.2 Å². The molecule has 0 unspecified atom stereocenters. The molecule has 0 radical (unpaired) electrons. The number of rotatable bonds is 3. The summed E-state index contributed by atoms with van der Waals surface area (Å²) in [6, 6.07) is 4.49. The molecular weight excluding hydrogens is 337 g/mol. The molecule has 22 heavy (non-hydrogen) atoms. The zero-order chi connectivity index (χ0) is 16.4. The Bertz CT molecular complexity index is 831. The molecule has 0 saturated carbocycles. The summed E-state index contributed by atoms with van der Waals surface area (Å²) in [5.41, 5.74) is -0.552. The van der Waals surface area contributed by atoms with Gasteiger partial charge in [0.1, 0.15) is 6.07 Å². The molecule has 0 aliphatic carbocycles. The number of nitrogens with zero attached hydrogens (tertiary/aromatic N) is 2. The molecule has 0 aliphatic rings. The zero-order valence-electron chi connectivity index (χ0n) is 10.7. The summed E-state index contributed by atoms with van der Waals surface area (Å²) >= 11 is 1.31. The van der Waals surface area contributed by atoms with Gasteiger partial charge in [0.25, 0.3) is 0 Å². The Morgan fingerprint density at radius 3 is 2.50 bits per heavy atom. The maximum absolute atomic E-state index is 12.4. The molecule has 2 aromatic rings. The van der Waals surface area contributed by atoms with Gasteiger partial charge in [-0.25, -0.2) is 13.4 Å². The van der Waals surface area contributed by atoms with Crippen LogP contribution in [0.1, 0.15) is 11.1 Å². The molecule has 0 aromatic carbocycles. The number of allylic oxidation sites excluding steroid dienone is 1. The lowest BCUT2D eigenvalue weighted by Crippen LogP contribution is -2.09. The van der Waals surface area contributed by atoms with Gasteiger partial charge < -0.3 is 0 Å². The molecule has 2 aromatic heterocycles.